The Morgan fingerprint density at radius 1 is 1.15 bits per heavy atom. The number of aryl methyl sites for hydroxylation is 1. The van der Waals surface area contributed by atoms with E-state index < -0.39 is 23.3 Å². The van der Waals surface area contributed by atoms with Gasteiger partial charge < -0.3 is 9.52 Å². The number of aromatic nitrogens is 3. The molecule has 0 radical (unpaired) electrons. The van der Waals surface area contributed by atoms with E-state index in [1.807, 2.05) is 13.0 Å². The van der Waals surface area contributed by atoms with Crippen molar-refractivity contribution in [1.82, 2.24) is 14.1 Å². The zero-order valence-corrected chi connectivity index (χ0v) is 19.4. The molecule has 1 atom stereocenters. The van der Waals surface area contributed by atoms with Crippen LogP contribution in [0.25, 0.3) is 11.0 Å². The zero-order valence-electron chi connectivity index (χ0n) is 18.6. The molecule has 0 saturated carbocycles. The Morgan fingerprint density at radius 3 is 2.56 bits per heavy atom. The standard InChI is InChI=1S/C24H23ClN4O5/c1-3-19-11-16-10-18(8-9-20(16)34-19)26-22-27-23(32)29(12-14(2)21(30)31)24(33)28(22)13-15-4-6-17(25)7-5-15/h4-11,14H,3,12-13H2,1-2H3,(H,30,31)(H,26,27,32)/t14-/m0/s1. The second-order valence-electron chi connectivity index (χ2n) is 8.00. The maximum atomic E-state index is 13.3. The van der Waals surface area contributed by atoms with Gasteiger partial charge in [-0.3, -0.25) is 14.3 Å². The quantitative estimate of drug-likeness (QED) is 0.418. The van der Waals surface area contributed by atoms with E-state index in [1.54, 1.807) is 42.5 Å². The number of furan rings is 1. The lowest BCUT2D eigenvalue weighted by Crippen LogP contribution is -2.51. The lowest BCUT2D eigenvalue weighted by molar-refractivity contribution is -0.141. The molecular weight excluding hydrogens is 460 g/mol. The van der Waals surface area contributed by atoms with Gasteiger partial charge in [0.2, 0.25) is 5.62 Å². The van der Waals surface area contributed by atoms with Crippen molar-refractivity contribution in [2.75, 3.05) is 0 Å². The summed E-state index contributed by atoms with van der Waals surface area (Å²) in [6.07, 6.45) is 0.753. The number of carboxylic acids is 1. The van der Waals surface area contributed by atoms with Crippen LogP contribution in [0, 0.1) is 5.92 Å². The van der Waals surface area contributed by atoms with Crippen molar-refractivity contribution in [3.05, 3.63) is 91.5 Å². The molecule has 176 valence electrons. The number of halogens is 1. The molecule has 10 heteroatoms. The van der Waals surface area contributed by atoms with Crippen LogP contribution in [0.3, 0.4) is 0 Å². The van der Waals surface area contributed by atoms with E-state index in [4.69, 9.17) is 16.0 Å². The summed E-state index contributed by atoms with van der Waals surface area (Å²) in [5.74, 6) is -1.19. The second-order valence-corrected chi connectivity index (χ2v) is 8.44. The lowest BCUT2D eigenvalue weighted by Gasteiger charge is -2.13. The van der Waals surface area contributed by atoms with E-state index >= 15 is 0 Å². The third-order valence-corrected chi connectivity index (χ3v) is 5.70. The first-order chi connectivity index (χ1) is 16.2. The van der Waals surface area contributed by atoms with Crippen LogP contribution in [0.5, 0.6) is 0 Å². The van der Waals surface area contributed by atoms with Crippen LogP contribution in [0.1, 0.15) is 25.2 Å². The van der Waals surface area contributed by atoms with Gasteiger partial charge in [-0.15, -0.1) is 0 Å². The van der Waals surface area contributed by atoms with Crippen molar-refractivity contribution in [2.24, 2.45) is 10.9 Å². The average molecular weight is 483 g/mol. The van der Waals surface area contributed by atoms with Crippen molar-refractivity contribution < 1.29 is 14.3 Å². The Hall–Kier alpha value is -3.85. The number of carbonyl (C=O) groups is 1. The summed E-state index contributed by atoms with van der Waals surface area (Å²) >= 11 is 5.98. The molecule has 2 aromatic carbocycles. The first kappa shape index (κ1) is 23.3. The van der Waals surface area contributed by atoms with Crippen LogP contribution in [0.4, 0.5) is 5.69 Å². The Bertz CT molecular complexity index is 1540. The highest BCUT2D eigenvalue weighted by atomic mass is 35.5. The molecule has 9 nitrogen and oxygen atoms in total. The zero-order chi connectivity index (χ0) is 24.4. The smallest absolute Gasteiger partial charge is 0.335 e. The normalized spacial score (nSPS) is 12.9. The largest absolute Gasteiger partial charge is 0.481 e. The van der Waals surface area contributed by atoms with Crippen LogP contribution >= 0.6 is 11.6 Å². The Morgan fingerprint density at radius 2 is 1.88 bits per heavy atom. The number of nitrogens with one attached hydrogen (secondary N) is 1. The minimum Gasteiger partial charge on any atom is -0.481 e. The number of H-pyrrole nitrogens is 1. The highest BCUT2D eigenvalue weighted by Crippen LogP contribution is 2.24. The highest BCUT2D eigenvalue weighted by molar-refractivity contribution is 6.30. The number of fused-ring (bicyclic) bond motifs is 1. The third kappa shape index (κ3) is 4.89. The highest BCUT2D eigenvalue weighted by Gasteiger charge is 2.17. The molecule has 0 saturated heterocycles. The summed E-state index contributed by atoms with van der Waals surface area (Å²) in [7, 11) is 0. The van der Waals surface area contributed by atoms with Crippen molar-refractivity contribution in [3.8, 4) is 0 Å². The van der Waals surface area contributed by atoms with Crippen molar-refractivity contribution in [1.29, 1.82) is 0 Å². The fourth-order valence-electron chi connectivity index (χ4n) is 3.52. The Balaban J connectivity index is 1.88. The van der Waals surface area contributed by atoms with Gasteiger partial charge in [-0.25, -0.2) is 19.1 Å². The Kier molecular flexibility index (Phi) is 6.56. The molecule has 34 heavy (non-hydrogen) atoms. The molecule has 4 aromatic rings. The molecule has 0 bridgehead atoms. The number of rotatable bonds is 7. The molecule has 0 aliphatic rings. The van der Waals surface area contributed by atoms with E-state index in [-0.39, 0.29) is 18.7 Å². The van der Waals surface area contributed by atoms with E-state index in [9.17, 15) is 19.5 Å². The number of hydrogen-bond acceptors (Lipinski definition) is 5. The van der Waals surface area contributed by atoms with Gasteiger partial charge in [-0.1, -0.05) is 37.6 Å². The number of aromatic amines is 1. The van der Waals surface area contributed by atoms with Crippen LogP contribution in [0.2, 0.25) is 5.02 Å². The number of aliphatic carboxylic acids is 1. The molecule has 2 heterocycles. The maximum absolute atomic E-state index is 13.3. The van der Waals surface area contributed by atoms with E-state index in [0.717, 1.165) is 33.3 Å². The predicted octanol–water partition coefficient (Wildman–Crippen LogP) is 3.30. The van der Waals surface area contributed by atoms with Gasteiger partial charge >= 0.3 is 17.3 Å². The summed E-state index contributed by atoms with van der Waals surface area (Å²) in [6, 6.07) is 14.2. The van der Waals surface area contributed by atoms with Crippen LogP contribution in [-0.2, 0) is 24.3 Å². The molecule has 0 fully saturated rings. The predicted molar refractivity (Wildman–Crippen MR) is 127 cm³/mol. The van der Waals surface area contributed by atoms with Crippen molar-refractivity contribution in [3.63, 3.8) is 0 Å². The molecule has 4 rings (SSSR count). The van der Waals surface area contributed by atoms with Crippen LogP contribution in [0.15, 0.2) is 67.5 Å². The number of nitrogens with zero attached hydrogens (tertiary/aromatic N) is 3. The molecule has 2 N–H and O–H groups in total. The van der Waals surface area contributed by atoms with Gasteiger partial charge in [0.15, 0.2) is 0 Å². The van der Waals surface area contributed by atoms with Gasteiger partial charge in [-0.2, -0.15) is 0 Å². The summed E-state index contributed by atoms with van der Waals surface area (Å²) in [6.45, 7) is 3.25. The summed E-state index contributed by atoms with van der Waals surface area (Å²) in [5.41, 5.74) is 0.641. The molecule has 0 aliphatic heterocycles. The van der Waals surface area contributed by atoms with Crippen molar-refractivity contribution >= 4 is 34.2 Å². The van der Waals surface area contributed by atoms with Gasteiger partial charge in [0.1, 0.15) is 11.3 Å². The molecular formula is C24H23ClN4O5. The van der Waals surface area contributed by atoms with Gasteiger partial charge in [-0.05, 0) is 42.0 Å². The summed E-state index contributed by atoms with van der Waals surface area (Å²) < 4.78 is 7.91. The molecule has 0 amide bonds. The topological polar surface area (TPSA) is 123 Å². The molecule has 0 aliphatic carbocycles. The lowest BCUT2D eigenvalue weighted by atomic mass is 10.2. The SMILES string of the molecule is CCc1cc2cc(/N=c3\[nH]c(=O)n(C[C@H](C)C(=O)O)c(=O)n3Cc3ccc(Cl)cc3)ccc2o1. The Labute approximate surface area is 198 Å². The fourth-order valence-corrected chi connectivity index (χ4v) is 3.65. The van der Waals surface area contributed by atoms with Crippen molar-refractivity contribution in [2.45, 2.75) is 33.4 Å². The summed E-state index contributed by atoms with van der Waals surface area (Å²) in [5, 5.41) is 10.6. The molecule has 2 aromatic heterocycles. The number of benzene rings is 2. The van der Waals surface area contributed by atoms with Gasteiger partial charge in [0.05, 0.1) is 18.2 Å². The van der Waals surface area contributed by atoms with Crippen LogP contribution in [-0.4, -0.2) is 25.2 Å². The molecule has 0 spiro atoms. The maximum Gasteiger partial charge on any atom is 0.335 e. The molecule has 0 unspecified atom stereocenters. The average Bonchev–Trinajstić information content (AvgIpc) is 3.23. The van der Waals surface area contributed by atoms with E-state index in [2.05, 4.69) is 9.98 Å². The van der Waals surface area contributed by atoms with Gasteiger partial charge in [0.25, 0.3) is 0 Å². The van der Waals surface area contributed by atoms with Crippen LogP contribution < -0.4 is 17.0 Å². The first-order valence-corrected chi connectivity index (χ1v) is 11.1. The minimum absolute atomic E-state index is 0.0442. The third-order valence-electron chi connectivity index (χ3n) is 5.45. The monoisotopic (exact) mass is 482 g/mol. The van der Waals surface area contributed by atoms with E-state index in [1.165, 1.54) is 11.5 Å². The summed E-state index contributed by atoms with van der Waals surface area (Å²) in [4.78, 5) is 44.5. The van der Waals surface area contributed by atoms with Gasteiger partial charge in [0, 0.05) is 23.4 Å². The fraction of sp³-hybridized carbons (Fsp3) is 0.250. The number of hydrogen-bond donors (Lipinski definition) is 2. The minimum atomic E-state index is -1.11. The number of carboxylic acid groups (broad SMARTS) is 1. The first-order valence-electron chi connectivity index (χ1n) is 10.7. The second kappa shape index (κ2) is 9.56. The van der Waals surface area contributed by atoms with E-state index in [0.29, 0.717) is 10.7 Å².